The maximum atomic E-state index is 12.3. The van der Waals surface area contributed by atoms with Gasteiger partial charge in [-0.2, -0.15) is 22.5 Å². The molecule has 130 valence electrons. The van der Waals surface area contributed by atoms with Gasteiger partial charge in [0.05, 0.1) is 0 Å². The van der Waals surface area contributed by atoms with E-state index in [1.54, 1.807) is 20.8 Å². The van der Waals surface area contributed by atoms with Crippen molar-refractivity contribution in [3.05, 3.63) is 35.9 Å². The van der Waals surface area contributed by atoms with Crippen LogP contribution in [0.25, 0.3) is 0 Å². The number of nitrogens with zero attached hydrogens (tertiary/aromatic N) is 1. The summed E-state index contributed by atoms with van der Waals surface area (Å²) in [6.45, 7) is 5.21. The number of esters is 1. The number of rotatable bonds is 7. The quantitative estimate of drug-likeness (QED) is 0.592. The van der Waals surface area contributed by atoms with Crippen molar-refractivity contribution in [1.29, 1.82) is 0 Å². The fraction of sp³-hybridized carbons (Fsp3) is 0.533. The Hall–Kier alpha value is -1.48. The minimum Gasteiger partial charge on any atom is -0.459 e. The van der Waals surface area contributed by atoms with Crippen molar-refractivity contribution in [3.63, 3.8) is 0 Å². The summed E-state index contributed by atoms with van der Waals surface area (Å²) in [7, 11) is -1.29. The summed E-state index contributed by atoms with van der Waals surface area (Å²) < 4.78 is 34.3. The van der Waals surface area contributed by atoms with Gasteiger partial charge in [-0.25, -0.2) is 0 Å². The molecule has 1 aromatic carbocycles. The Morgan fingerprint density at radius 1 is 1.22 bits per heavy atom. The van der Waals surface area contributed by atoms with Crippen LogP contribution in [-0.4, -0.2) is 44.4 Å². The number of benzene rings is 1. The molecule has 0 saturated carbocycles. The van der Waals surface area contributed by atoms with Crippen molar-refractivity contribution in [2.75, 3.05) is 14.1 Å². The van der Waals surface area contributed by atoms with Gasteiger partial charge in [-0.15, -0.1) is 0 Å². The first kappa shape index (κ1) is 19.6. The predicted octanol–water partition coefficient (Wildman–Crippen LogP) is 1.27. The molecule has 7 nitrogen and oxygen atoms in total. The smallest absolute Gasteiger partial charge is 0.354 e. The van der Waals surface area contributed by atoms with Gasteiger partial charge in [0.25, 0.3) is 0 Å². The van der Waals surface area contributed by atoms with Crippen LogP contribution in [0.2, 0.25) is 0 Å². The van der Waals surface area contributed by atoms with Crippen molar-refractivity contribution in [3.8, 4) is 0 Å². The van der Waals surface area contributed by atoms with E-state index in [1.807, 2.05) is 30.3 Å². The second-order valence-corrected chi connectivity index (χ2v) is 7.97. The molecule has 23 heavy (non-hydrogen) atoms. The number of ether oxygens (including phenoxy) is 1. The van der Waals surface area contributed by atoms with Crippen molar-refractivity contribution < 1.29 is 22.2 Å². The Morgan fingerprint density at radius 2 is 1.78 bits per heavy atom. The summed E-state index contributed by atoms with van der Waals surface area (Å²) in [4.78, 5) is 12.3. The van der Waals surface area contributed by atoms with Crippen LogP contribution < -0.4 is 5.48 Å². The van der Waals surface area contributed by atoms with Gasteiger partial charge in [0.2, 0.25) is 0 Å². The molecule has 1 aromatic rings. The highest BCUT2D eigenvalue weighted by molar-refractivity contribution is 7.84. The zero-order valence-electron chi connectivity index (χ0n) is 14.1. The fourth-order valence-electron chi connectivity index (χ4n) is 1.59. The minimum absolute atomic E-state index is 0.235. The van der Waals surface area contributed by atoms with Crippen molar-refractivity contribution >= 4 is 16.3 Å². The van der Waals surface area contributed by atoms with E-state index in [4.69, 9.17) is 9.02 Å². The molecule has 0 unspecified atom stereocenters. The van der Waals surface area contributed by atoms with Crippen LogP contribution in [-0.2, 0) is 30.5 Å². The second-order valence-electron chi connectivity index (χ2n) is 6.22. The van der Waals surface area contributed by atoms with Gasteiger partial charge in [-0.1, -0.05) is 30.3 Å². The van der Waals surface area contributed by atoms with Crippen LogP contribution in [0.1, 0.15) is 26.3 Å². The Morgan fingerprint density at radius 3 is 2.26 bits per heavy atom. The number of carbonyl (C=O) groups is 1. The van der Waals surface area contributed by atoms with Crippen molar-refractivity contribution in [2.45, 2.75) is 38.8 Å². The second kappa shape index (κ2) is 7.87. The highest BCUT2D eigenvalue weighted by atomic mass is 32.2. The van der Waals surface area contributed by atoms with E-state index in [-0.39, 0.29) is 6.42 Å². The zero-order valence-corrected chi connectivity index (χ0v) is 14.9. The molecule has 0 spiro atoms. The van der Waals surface area contributed by atoms with E-state index in [0.29, 0.717) is 0 Å². The fourth-order valence-corrected chi connectivity index (χ4v) is 1.98. The molecule has 0 aliphatic heterocycles. The van der Waals surface area contributed by atoms with E-state index in [9.17, 15) is 13.2 Å². The van der Waals surface area contributed by atoms with Gasteiger partial charge in [0.15, 0.2) is 0 Å². The average Bonchev–Trinajstić information content (AvgIpc) is 2.42. The number of nitrogens with one attached hydrogen (secondary N) is 1. The lowest BCUT2D eigenvalue weighted by molar-refractivity contribution is -0.159. The maximum Gasteiger partial charge on any atom is 0.354 e. The molecule has 0 aromatic heterocycles. The number of carbonyl (C=O) groups excluding carboxylic acids is 1. The normalized spacial score (nSPS) is 13.8. The summed E-state index contributed by atoms with van der Waals surface area (Å²) >= 11 is 0. The number of hydroxylamine groups is 1. The van der Waals surface area contributed by atoms with Gasteiger partial charge >= 0.3 is 16.3 Å². The summed E-state index contributed by atoms with van der Waals surface area (Å²) in [5, 5.41) is 0. The van der Waals surface area contributed by atoms with E-state index < -0.39 is 27.9 Å². The van der Waals surface area contributed by atoms with Crippen LogP contribution in [0.15, 0.2) is 30.3 Å². The molecular formula is C15H24N2O5S. The standard InChI is InChI=1S/C15H24N2O5S/c1-15(2,3)21-14(18)13(11-12-9-7-6-8-10-12)16-22-23(19,20)17(4)5/h6-10,13,16H,11H2,1-5H3/t13-/m0/s1. The van der Waals surface area contributed by atoms with Crippen LogP contribution in [0, 0.1) is 0 Å². The monoisotopic (exact) mass is 344 g/mol. The first-order chi connectivity index (χ1) is 10.5. The molecule has 0 bridgehead atoms. The highest BCUT2D eigenvalue weighted by Crippen LogP contribution is 2.12. The average molecular weight is 344 g/mol. The topological polar surface area (TPSA) is 84.9 Å². The predicted molar refractivity (Wildman–Crippen MR) is 86.6 cm³/mol. The van der Waals surface area contributed by atoms with Crippen LogP contribution in [0.4, 0.5) is 0 Å². The summed E-state index contributed by atoms with van der Waals surface area (Å²) in [6.07, 6.45) is 0.235. The lowest BCUT2D eigenvalue weighted by atomic mass is 10.1. The molecule has 0 aliphatic carbocycles. The minimum atomic E-state index is -3.95. The van der Waals surface area contributed by atoms with Gasteiger partial charge < -0.3 is 4.74 Å². The summed E-state index contributed by atoms with van der Waals surface area (Å²) in [5.74, 6) is -0.588. The Bertz CT molecular complexity index is 609. The third kappa shape index (κ3) is 7.08. The summed E-state index contributed by atoms with van der Waals surface area (Å²) in [6, 6.07) is 8.23. The molecule has 0 heterocycles. The maximum absolute atomic E-state index is 12.3. The van der Waals surface area contributed by atoms with Crippen molar-refractivity contribution in [1.82, 2.24) is 9.79 Å². The molecule has 1 N–H and O–H groups in total. The summed E-state index contributed by atoms with van der Waals surface area (Å²) in [5.41, 5.74) is 2.47. The molecule has 0 fully saturated rings. The van der Waals surface area contributed by atoms with Crippen LogP contribution >= 0.6 is 0 Å². The van der Waals surface area contributed by atoms with Crippen molar-refractivity contribution in [2.24, 2.45) is 0 Å². The van der Waals surface area contributed by atoms with Gasteiger partial charge in [0, 0.05) is 20.5 Å². The van der Waals surface area contributed by atoms with Crippen LogP contribution in [0.5, 0.6) is 0 Å². The van der Waals surface area contributed by atoms with E-state index in [0.717, 1.165) is 9.87 Å². The molecule has 1 rings (SSSR count). The molecule has 0 radical (unpaired) electrons. The molecule has 0 saturated heterocycles. The largest absolute Gasteiger partial charge is 0.459 e. The molecule has 1 atom stereocenters. The van der Waals surface area contributed by atoms with E-state index in [2.05, 4.69) is 5.48 Å². The third-order valence-electron chi connectivity index (χ3n) is 2.72. The Balaban J connectivity index is 2.86. The van der Waals surface area contributed by atoms with E-state index in [1.165, 1.54) is 14.1 Å². The Kier molecular flexibility index (Phi) is 6.69. The SMILES string of the molecule is CN(C)S(=O)(=O)ON[C@@H](Cc1ccccc1)C(=O)OC(C)(C)C. The third-order valence-corrected chi connectivity index (χ3v) is 3.92. The van der Waals surface area contributed by atoms with Gasteiger partial charge in [-0.3, -0.25) is 4.79 Å². The van der Waals surface area contributed by atoms with E-state index >= 15 is 0 Å². The lowest BCUT2D eigenvalue weighted by Gasteiger charge is -2.24. The van der Waals surface area contributed by atoms with Gasteiger partial charge in [0.1, 0.15) is 11.6 Å². The van der Waals surface area contributed by atoms with Gasteiger partial charge in [-0.05, 0) is 26.3 Å². The molecule has 0 amide bonds. The highest BCUT2D eigenvalue weighted by Gasteiger charge is 2.28. The number of hydrogen-bond donors (Lipinski definition) is 1. The molecular weight excluding hydrogens is 320 g/mol. The molecule has 0 aliphatic rings. The van der Waals surface area contributed by atoms with Crippen LogP contribution in [0.3, 0.4) is 0 Å². The molecule has 8 heteroatoms. The Labute approximate surface area is 137 Å². The lowest BCUT2D eigenvalue weighted by Crippen LogP contribution is -2.45. The number of hydrogen-bond acceptors (Lipinski definition) is 6. The zero-order chi connectivity index (χ0) is 17.7. The first-order valence-electron chi connectivity index (χ1n) is 7.14. The first-order valence-corrected chi connectivity index (χ1v) is 8.51.